The first-order valence-electron chi connectivity index (χ1n) is 24.9. The van der Waals surface area contributed by atoms with Crippen molar-refractivity contribution in [1.29, 1.82) is 5.26 Å². The average Bonchev–Trinajstić information content (AvgIpc) is 4.29. The zero-order valence-corrected chi connectivity index (χ0v) is 41.4. The molecule has 11 aromatic carbocycles. The smallest absolute Gasteiger partial charge is 0.221 e. The summed E-state index contributed by atoms with van der Waals surface area (Å²) in [4.78, 5) is 4.71. The zero-order valence-electron chi connectivity index (χ0n) is 39.8. The molecule has 0 saturated carbocycles. The molecule has 75 heavy (non-hydrogen) atoms. The topological polar surface area (TPSA) is 51.1 Å². The van der Waals surface area contributed by atoms with Gasteiger partial charge in [0.05, 0.1) is 55.0 Å². The number of hydrogen-bond donors (Lipinski definition) is 0. The van der Waals surface area contributed by atoms with Gasteiger partial charge in [-0.1, -0.05) is 176 Å². The van der Waals surface area contributed by atoms with Crippen molar-refractivity contribution in [3.8, 4) is 50.8 Å². The van der Waals surface area contributed by atoms with Crippen LogP contribution in [0.15, 0.2) is 223 Å². The van der Waals surface area contributed by atoms with Crippen molar-refractivity contribution >= 4 is 134 Å². The summed E-state index contributed by atoms with van der Waals surface area (Å²) < 4.78 is 15.9. The monoisotopic (exact) mass is 988 g/mol. The van der Waals surface area contributed by atoms with E-state index in [-0.39, 0.29) is 0 Å². The second-order valence-corrected chi connectivity index (χ2v) is 21.3. The molecule has 346 valence electrons. The summed E-state index contributed by atoms with van der Waals surface area (Å²) >= 11 is 3.54. The lowest BCUT2D eigenvalue weighted by Crippen LogP contribution is -2.08. The Morgan fingerprint density at radius 1 is 0.400 bits per heavy atom. The molecule has 16 rings (SSSR count). The molecule has 0 N–H and O–H groups in total. The van der Waals surface area contributed by atoms with Crippen molar-refractivity contribution in [1.82, 2.24) is 9.13 Å². The van der Waals surface area contributed by atoms with Crippen LogP contribution in [0.5, 0.6) is 0 Å². The van der Waals surface area contributed by atoms with Gasteiger partial charge in [0.2, 0.25) is 5.69 Å². The Morgan fingerprint density at radius 2 is 0.933 bits per heavy atom. The van der Waals surface area contributed by atoms with Crippen molar-refractivity contribution in [3.63, 3.8) is 0 Å². The first kappa shape index (κ1) is 41.8. The fourth-order valence-corrected chi connectivity index (χ4v) is 14.7. The number of hydrogen-bond acceptors (Lipinski definition) is 4. The molecule has 5 aromatic heterocycles. The largest absolute Gasteiger partial charge is 0.456 e. The second kappa shape index (κ2) is 15.9. The molecule has 5 nitrogen and oxygen atoms in total. The minimum absolute atomic E-state index is 0.399. The summed E-state index contributed by atoms with van der Waals surface area (Å²) in [5, 5.41) is 23.2. The third kappa shape index (κ3) is 5.85. The van der Waals surface area contributed by atoms with Crippen LogP contribution in [0.25, 0.3) is 155 Å². The third-order valence-corrected chi connectivity index (χ3v) is 17.8. The number of furan rings is 1. The number of rotatable bonds is 5. The Hall–Kier alpha value is -9.76. The van der Waals surface area contributed by atoms with Crippen LogP contribution < -0.4 is 0 Å². The maximum absolute atomic E-state index is 12.4. The highest BCUT2D eigenvalue weighted by Crippen LogP contribution is 2.55. The number of para-hydroxylation sites is 1. The molecule has 0 atom stereocenters. The van der Waals surface area contributed by atoms with E-state index in [1.54, 1.807) is 22.7 Å². The van der Waals surface area contributed by atoms with Crippen molar-refractivity contribution in [2.75, 3.05) is 0 Å². The predicted molar refractivity (Wildman–Crippen MR) is 315 cm³/mol. The van der Waals surface area contributed by atoms with Crippen LogP contribution in [0.2, 0.25) is 0 Å². The van der Waals surface area contributed by atoms with E-state index in [0.29, 0.717) is 16.9 Å². The molecule has 5 heterocycles. The van der Waals surface area contributed by atoms with Gasteiger partial charge in [-0.15, -0.1) is 22.7 Å². The molecule has 0 fully saturated rings. The Kier molecular flexibility index (Phi) is 8.85. The SMILES string of the molecule is [C-]#[N+]c1c(-c2ccccc2)c(-n2c3ccccc3c3cc4oc5ccc(-c6ccccc6)cc5c4cc32)c(-c2ccccc2)c(C#N)c1-n1c2c(ccc3c4ccccc4sc32)c2ccc3c4ccccc4sc3c21. The maximum Gasteiger partial charge on any atom is 0.221 e. The van der Waals surface area contributed by atoms with Crippen LogP contribution >= 0.6 is 22.7 Å². The van der Waals surface area contributed by atoms with Crippen LogP contribution in [-0.4, -0.2) is 9.13 Å². The lowest BCUT2D eigenvalue weighted by Gasteiger charge is -2.25. The molecule has 0 unspecified atom stereocenters. The van der Waals surface area contributed by atoms with Gasteiger partial charge in [0.15, 0.2) is 0 Å². The molecule has 0 aliphatic carbocycles. The van der Waals surface area contributed by atoms with Gasteiger partial charge in [0, 0.05) is 74.4 Å². The molecule has 0 saturated heterocycles. The van der Waals surface area contributed by atoms with E-state index in [4.69, 9.17) is 9.26 Å². The van der Waals surface area contributed by atoms with E-state index in [9.17, 15) is 11.8 Å². The number of fused-ring (bicyclic) bond motifs is 17. The summed E-state index contributed by atoms with van der Waals surface area (Å²) in [7, 11) is 0. The Balaban J connectivity index is 1.13. The zero-order chi connectivity index (χ0) is 49.5. The van der Waals surface area contributed by atoms with Gasteiger partial charge in [-0.25, -0.2) is 4.85 Å². The van der Waals surface area contributed by atoms with Crippen molar-refractivity contribution in [3.05, 3.63) is 235 Å². The van der Waals surface area contributed by atoms with E-state index in [1.165, 1.54) is 20.2 Å². The Morgan fingerprint density at radius 3 is 1.55 bits per heavy atom. The van der Waals surface area contributed by atoms with E-state index in [0.717, 1.165) is 125 Å². The number of aromatic nitrogens is 2. The molecular weight excluding hydrogens is 953 g/mol. The first-order valence-corrected chi connectivity index (χ1v) is 26.5. The maximum atomic E-state index is 12.4. The van der Waals surface area contributed by atoms with Gasteiger partial charge in [-0.3, -0.25) is 0 Å². The molecular formula is C68H36N4OS2. The third-order valence-electron chi connectivity index (χ3n) is 15.4. The van der Waals surface area contributed by atoms with Gasteiger partial charge < -0.3 is 13.6 Å². The van der Waals surface area contributed by atoms with Gasteiger partial charge in [-0.2, -0.15) is 5.26 Å². The van der Waals surface area contributed by atoms with Crippen molar-refractivity contribution in [2.45, 2.75) is 0 Å². The van der Waals surface area contributed by atoms with Crippen LogP contribution in [0, 0.1) is 17.9 Å². The number of benzene rings is 11. The summed E-state index contributed by atoms with van der Waals surface area (Å²) in [6, 6.07) is 79.6. The Bertz CT molecular complexity index is 4990. The first-order chi connectivity index (χ1) is 37.1. The molecule has 0 aliphatic heterocycles. The summed E-state index contributed by atoms with van der Waals surface area (Å²) in [5.41, 5.74) is 13.1. The number of thiophene rings is 2. The standard InChI is InChI=1S/C68H36N4OS2/c1-70-62-61(41-21-9-4-10-22-41)66(71-54-26-14-11-23-43(54)50-37-57-52(36-55(50)71)51-35-42(29-34-56(51)73-57)39-17-5-2-6-18-39)60(40-19-7-3-8-20-40)53(38-69)63(62)72-64-46(30-32-48-44-24-12-15-27-58(44)74-67(48)64)47-31-33-49-45-25-13-16-28-59(45)75-68(49)65(47)72/h2-37H. The fraction of sp³-hybridized carbons (Fsp3) is 0. The summed E-state index contributed by atoms with van der Waals surface area (Å²) in [5.74, 6) is 0. The molecule has 0 spiro atoms. The van der Waals surface area contributed by atoms with E-state index < -0.39 is 0 Å². The van der Waals surface area contributed by atoms with E-state index in [1.807, 2.05) is 42.5 Å². The minimum atomic E-state index is 0.399. The molecule has 0 amide bonds. The van der Waals surface area contributed by atoms with Crippen molar-refractivity contribution in [2.24, 2.45) is 0 Å². The minimum Gasteiger partial charge on any atom is -0.456 e. The number of nitrogens with zero attached hydrogens (tertiary/aromatic N) is 4. The second-order valence-electron chi connectivity index (χ2n) is 19.2. The van der Waals surface area contributed by atoms with Gasteiger partial charge >= 0.3 is 0 Å². The highest BCUT2D eigenvalue weighted by Gasteiger charge is 2.33. The fourth-order valence-electron chi connectivity index (χ4n) is 12.2. The predicted octanol–water partition coefficient (Wildman–Crippen LogP) is 19.9. The Labute approximate surface area is 436 Å². The molecule has 0 radical (unpaired) electrons. The molecule has 7 heteroatoms. The van der Waals surface area contributed by atoms with Gasteiger partial charge in [0.1, 0.15) is 17.2 Å². The van der Waals surface area contributed by atoms with Gasteiger partial charge in [0.25, 0.3) is 0 Å². The normalized spacial score (nSPS) is 12.0. The average molecular weight is 989 g/mol. The lowest BCUT2D eigenvalue weighted by molar-refractivity contribution is 0.669. The van der Waals surface area contributed by atoms with Crippen LogP contribution in [0.3, 0.4) is 0 Å². The highest BCUT2D eigenvalue weighted by atomic mass is 32.1. The van der Waals surface area contributed by atoms with E-state index in [2.05, 4.69) is 191 Å². The van der Waals surface area contributed by atoms with Crippen LogP contribution in [0.4, 0.5) is 5.69 Å². The van der Waals surface area contributed by atoms with Crippen LogP contribution in [0.1, 0.15) is 5.56 Å². The van der Waals surface area contributed by atoms with Gasteiger partial charge in [-0.05, 0) is 64.7 Å². The quantitative estimate of drug-likeness (QED) is 0.161. The van der Waals surface area contributed by atoms with E-state index >= 15 is 0 Å². The molecule has 0 bridgehead atoms. The lowest BCUT2D eigenvalue weighted by atomic mass is 9.88. The molecule has 16 aromatic rings. The molecule has 0 aliphatic rings. The number of nitriles is 1. The van der Waals surface area contributed by atoms with Crippen molar-refractivity contribution < 1.29 is 4.42 Å². The summed E-state index contributed by atoms with van der Waals surface area (Å²) in [6.07, 6.45) is 0. The highest BCUT2D eigenvalue weighted by molar-refractivity contribution is 7.27. The summed E-state index contributed by atoms with van der Waals surface area (Å²) in [6.45, 7) is 9.64. The van der Waals surface area contributed by atoms with Crippen LogP contribution in [-0.2, 0) is 0 Å².